The summed E-state index contributed by atoms with van der Waals surface area (Å²) in [5, 5.41) is 8.24. The van der Waals surface area contributed by atoms with Crippen molar-refractivity contribution in [1.82, 2.24) is 0 Å². The fraction of sp³-hybridized carbons (Fsp3) is 0.929. The lowest BCUT2D eigenvalue weighted by Gasteiger charge is -2.30. The fourth-order valence-corrected chi connectivity index (χ4v) is 1.86. The molecule has 6 heteroatoms. The summed E-state index contributed by atoms with van der Waals surface area (Å²) in [6.07, 6.45) is 0.993. The highest BCUT2D eigenvalue weighted by Gasteiger charge is 2.54. The molecule has 1 heterocycles. The van der Waals surface area contributed by atoms with Gasteiger partial charge in [-0.1, -0.05) is 13.8 Å². The number of nitrogens with zero attached hydrogens (tertiary/aromatic N) is 2. The van der Waals surface area contributed by atoms with Crippen LogP contribution in [0.2, 0.25) is 0 Å². The summed E-state index contributed by atoms with van der Waals surface area (Å²) >= 11 is 0. The number of rotatable bonds is 8. The summed E-state index contributed by atoms with van der Waals surface area (Å²) in [6, 6.07) is 0. The Morgan fingerprint density at radius 3 is 2.20 bits per heavy atom. The van der Waals surface area contributed by atoms with E-state index in [9.17, 15) is 4.79 Å². The van der Waals surface area contributed by atoms with Crippen molar-refractivity contribution in [2.24, 2.45) is 15.6 Å². The topological polar surface area (TPSA) is 69.5 Å². The highest BCUT2D eigenvalue weighted by Crippen LogP contribution is 2.48. The van der Waals surface area contributed by atoms with Crippen molar-refractivity contribution in [2.75, 3.05) is 20.5 Å². The maximum atomic E-state index is 11.8. The zero-order valence-corrected chi connectivity index (χ0v) is 13.4. The molecule has 0 bridgehead atoms. The van der Waals surface area contributed by atoms with Crippen LogP contribution in [0.1, 0.15) is 47.5 Å². The van der Waals surface area contributed by atoms with Crippen molar-refractivity contribution in [2.45, 2.75) is 58.7 Å². The van der Waals surface area contributed by atoms with Gasteiger partial charge >= 0.3 is 5.97 Å². The van der Waals surface area contributed by atoms with E-state index in [0.717, 1.165) is 0 Å². The minimum absolute atomic E-state index is 0.195. The number of ether oxygens (including phenoxy) is 3. The van der Waals surface area contributed by atoms with Gasteiger partial charge in [-0.25, -0.2) is 0 Å². The fourth-order valence-electron chi connectivity index (χ4n) is 1.86. The second kappa shape index (κ2) is 6.18. The normalized spacial score (nSPS) is 17.1. The van der Waals surface area contributed by atoms with E-state index in [0.29, 0.717) is 19.4 Å². The first kappa shape index (κ1) is 17.0. The summed E-state index contributed by atoms with van der Waals surface area (Å²) in [4.78, 5) is 11.8. The highest BCUT2D eigenvalue weighted by atomic mass is 16.7. The molecular weight excluding hydrogens is 260 g/mol. The number of carbonyl (C=O) groups is 1. The Labute approximate surface area is 120 Å². The largest absolute Gasteiger partial charge is 0.460 e. The van der Waals surface area contributed by atoms with Gasteiger partial charge in [-0.15, -0.1) is 0 Å². The molecule has 0 spiro atoms. The van der Waals surface area contributed by atoms with E-state index in [2.05, 4.69) is 10.2 Å². The van der Waals surface area contributed by atoms with Gasteiger partial charge in [0.25, 0.3) is 0 Å². The van der Waals surface area contributed by atoms with Crippen molar-refractivity contribution in [3.8, 4) is 0 Å². The van der Waals surface area contributed by atoms with Gasteiger partial charge in [0.05, 0.1) is 6.61 Å². The minimum Gasteiger partial charge on any atom is -0.460 e. The van der Waals surface area contributed by atoms with Gasteiger partial charge in [0, 0.05) is 18.9 Å². The van der Waals surface area contributed by atoms with E-state index in [-0.39, 0.29) is 18.2 Å². The van der Waals surface area contributed by atoms with Gasteiger partial charge in [0.1, 0.15) is 12.4 Å². The van der Waals surface area contributed by atoms with Gasteiger partial charge in [0.2, 0.25) is 5.66 Å². The zero-order chi connectivity index (χ0) is 15.4. The van der Waals surface area contributed by atoms with Crippen LogP contribution >= 0.6 is 0 Å². The lowest BCUT2D eigenvalue weighted by molar-refractivity contribution is -0.155. The second-order valence-corrected chi connectivity index (χ2v) is 6.74. The molecule has 0 atom stereocenters. The molecule has 0 fully saturated rings. The number of esters is 1. The molecule has 1 rings (SSSR count). The first-order valence-corrected chi connectivity index (χ1v) is 6.84. The Morgan fingerprint density at radius 2 is 1.75 bits per heavy atom. The quantitative estimate of drug-likeness (QED) is 0.391. The lowest BCUT2D eigenvalue weighted by Crippen LogP contribution is -2.38. The molecule has 1 aliphatic rings. The SMILES string of the molecule is COCOCC1(C(C)(C)CCC(=O)OC(C)(C)C)N=N1. The summed E-state index contributed by atoms with van der Waals surface area (Å²) in [5.41, 5.74) is -1.25. The second-order valence-electron chi connectivity index (χ2n) is 6.74. The summed E-state index contributed by atoms with van der Waals surface area (Å²) in [7, 11) is 1.57. The number of carbonyl (C=O) groups excluding carboxylic acids is 1. The number of hydrogen-bond donors (Lipinski definition) is 0. The lowest BCUT2D eigenvalue weighted by atomic mass is 9.77. The summed E-state index contributed by atoms with van der Waals surface area (Å²) in [6.45, 7) is 10.3. The molecule has 0 aliphatic carbocycles. The Bertz CT molecular complexity index is 366. The van der Waals surface area contributed by atoms with E-state index in [1.165, 1.54) is 0 Å². The van der Waals surface area contributed by atoms with Crippen LogP contribution in [0.3, 0.4) is 0 Å². The molecule has 1 aliphatic heterocycles. The van der Waals surface area contributed by atoms with Crippen LogP contribution in [-0.2, 0) is 19.0 Å². The molecule has 20 heavy (non-hydrogen) atoms. The van der Waals surface area contributed by atoms with Crippen LogP contribution in [0.25, 0.3) is 0 Å². The van der Waals surface area contributed by atoms with Crippen LogP contribution < -0.4 is 0 Å². The maximum Gasteiger partial charge on any atom is 0.306 e. The monoisotopic (exact) mass is 286 g/mol. The molecule has 0 saturated heterocycles. The van der Waals surface area contributed by atoms with Crippen molar-refractivity contribution in [3.05, 3.63) is 0 Å². The average Bonchev–Trinajstić information content (AvgIpc) is 3.06. The van der Waals surface area contributed by atoms with E-state index in [1.807, 2.05) is 34.6 Å². The highest BCUT2D eigenvalue weighted by molar-refractivity contribution is 5.69. The molecule has 0 radical (unpaired) electrons. The average molecular weight is 286 g/mol. The number of hydrogen-bond acceptors (Lipinski definition) is 6. The Kier molecular flexibility index (Phi) is 5.27. The smallest absolute Gasteiger partial charge is 0.306 e. The van der Waals surface area contributed by atoms with Crippen molar-refractivity contribution in [1.29, 1.82) is 0 Å². The van der Waals surface area contributed by atoms with Crippen LogP contribution in [0, 0.1) is 5.41 Å². The standard InChI is InChI=1S/C14H26N2O4/c1-12(2,3)20-11(17)7-8-13(4,5)14(15-16-14)9-19-10-18-6/h7-10H2,1-6H3. The third kappa shape index (κ3) is 4.83. The van der Waals surface area contributed by atoms with Crippen molar-refractivity contribution < 1.29 is 19.0 Å². The molecule has 6 nitrogen and oxygen atoms in total. The van der Waals surface area contributed by atoms with E-state index in [1.54, 1.807) is 7.11 Å². The van der Waals surface area contributed by atoms with Crippen LogP contribution in [0.15, 0.2) is 10.2 Å². The number of methoxy groups -OCH3 is 1. The molecule has 116 valence electrons. The third-order valence-electron chi connectivity index (χ3n) is 3.30. The van der Waals surface area contributed by atoms with Crippen LogP contribution in [-0.4, -0.2) is 37.7 Å². The predicted molar refractivity (Wildman–Crippen MR) is 74.3 cm³/mol. The van der Waals surface area contributed by atoms with Crippen molar-refractivity contribution >= 4 is 5.97 Å². The van der Waals surface area contributed by atoms with E-state index in [4.69, 9.17) is 14.2 Å². The first-order chi connectivity index (χ1) is 9.12. The Balaban J connectivity index is 2.43. The van der Waals surface area contributed by atoms with Crippen molar-refractivity contribution in [3.63, 3.8) is 0 Å². The van der Waals surface area contributed by atoms with E-state index >= 15 is 0 Å². The van der Waals surface area contributed by atoms with Gasteiger partial charge in [-0.05, 0) is 27.2 Å². The minimum atomic E-state index is -0.548. The van der Waals surface area contributed by atoms with Crippen LogP contribution in [0.5, 0.6) is 0 Å². The maximum absolute atomic E-state index is 11.8. The first-order valence-electron chi connectivity index (χ1n) is 6.84. The van der Waals surface area contributed by atoms with Gasteiger partial charge < -0.3 is 14.2 Å². The molecule has 0 unspecified atom stereocenters. The summed E-state index contributed by atoms with van der Waals surface area (Å²) < 4.78 is 15.5. The molecule has 0 saturated carbocycles. The van der Waals surface area contributed by atoms with Gasteiger partial charge in [-0.3, -0.25) is 4.79 Å². The van der Waals surface area contributed by atoms with Gasteiger partial charge in [-0.2, -0.15) is 10.2 Å². The van der Waals surface area contributed by atoms with Crippen LogP contribution in [0.4, 0.5) is 0 Å². The predicted octanol–water partition coefficient (Wildman–Crippen LogP) is 2.92. The molecule has 0 amide bonds. The zero-order valence-electron chi connectivity index (χ0n) is 13.4. The third-order valence-corrected chi connectivity index (χ3v) is 3.30. The van der Waals surface area contributed by atoms with Gasteiger partial charge in [0.15, 0.2) is 0 Å². The molecular formula is C14H26N2O4. The Hall–Kier alpha value is -1.01. The molecule has 0 N–H and O–H groups in total. The summed E-state index contributed by atoms with van der Waals surface area (Å²) in [5.74, 6) is -0.195. The Morgan fingerprint density at radius 1 is 1.15 bits per heavy atom. The molecule has 0 aromatic carbocycles. The molecule has 0 aromatic rings. The molecule has 0 aromatic heterocycles. The van der Waals surface area contributed by atoms with E-state index < -0.39 is 11.3 Å².